The van der Waals surface area contributed by atoms with Crippen LogP contribution in [-0.4, -0.2) is 23.8 Å². The first-order valence-electron chi connectivity index (χ1n) is 9.48. The summed E-state index contributed by atoms with van der Waals surface area (Å²) in [7, 11) is 0. The highest BCUT2D eigenvalue weighted by atomic mass is 16.5. The quantitative estimate of drug-likeness (QED) is 0.596. The molecule has 0 bridgehead atoms. The Morgan fingerprint density at radius 1 is 0.931 bits per heavy atom. The van der Waals surface area contributed by atoms with Gasteiger partial charge in [-0.25, -0.2) is 0 Å². The van der Waals surface area contributed by atoms with Gasteiger partial charge < -0.3 is 10.1 Å². The zero-order valence-electron chi connectivity index (χ0n) is 17.0. The fourth-order valence-corrected chi connectivity index (χ4v) is 2.49. The van der Waals surface area contributed by atoms with Crippen molar-refractivity contribution in [2.24, 2.45) is 0 Å². The Labute approximate surface area is 170 Å². The molecule has 0 spiro atoms. The lowest BCUT2D eigenvalue weighted by molar-refractivity contribution is -0.133. The second-order valence-corrected chi connectivity index (χ2v) is 6.83. The Hall–Kier alpha value is -3.35. The summed E-state index contributed by atoms with van der Waals surface area (Å²) in [5.41, 5.74) is 7.55. The van der Waals surface area contributed by atoms with Crippen molar-refractivity contribution in [1.82, 2.24) is 16.2 Å². The normalized spacial score (nSPS) is 11.3. The zero-order chi connectivity index (χ0) is 21.2. The van der Waals surface area contributed by atoms with Crippen LogP contribution in [0, 0.1) is 13.8 Å². The molecule has 0 aliphatic rings. The van der Waals surface area contributed by atoms with E-state index in [0.29, 0.717) is 12.3 Å². The van der Waals surface area contributed by atoms with Crippen molar-refractivity contribution in [2.75, 3.05) is 0 Å². The average molecular weight is 397 g/mol. The van der Waals surface area contributed by atoms with Crippen LogP contribution in [-0.2, 0) is 20.9 Å². The summed E-state index contributed by atoms with van der Waals surface area (Å²) in [6.07, 6.45) is -0.791. The third-order valence-electron chi connectivity index (χ3n) is 4.25. The third-order valence-corrected chi connectivity index (χ3v) is 4.25. The lowest BCUT2D eigenvalue weighted by atomic mass is 10.1. The van der Waals surface area contributed by atoms with Gasteiger partial charge in [0.05, 0.1) is 0 Å². The minimum Gasteiger partial charge on any atom is -0.481 e. The van der Waals surface area contributed by atoms with Crippen LogP contribution in [0.2, 0.25) is 0 Å². The van der Waals surface area contributed by atoms with Crippen molar-refractivity contribution in [3.05, 3.63) is 65.2 Å². The summed E-state index contributed by atoms with van der Waals surface area (Å²) in [6.45, 7) is 5.84. The topological polar surface area (TPSA) is 96.5 Å². The van der Waals surface area contributed by atoms with E-state index in [2.05, 4.69) is 16.2 Å². The van der Waals surface area contributed by atoms with Crippen molar-refractivity contribution in [1.29, 1.82) is 0 Å². The van der Waals surface area contributed by atoms with E-state index in [1.165, 1.54) is 0 Å². The second kappa shape index (κ2) is 10.8. The van der Waals surface area contributed by atoms with Gasteiger partial charge in [0.1, 0.15) is 5.75 Å². The molecule has 0 fully saturated rings. The summed E-state index contributed by atoms with van der Waals surface area (Å²) in [5.74, 6) is -0.545. The lowest BCUT2D eigenvalue weighted by Crippen LogP contribution is -2.47. The smallest absolute Gasteiger partial charge is 0.279 e. The van der Waals surface area contributed by atoms with Crippen LogP contribution in [0.4, 0.5) is 0 Å². The molecule has 2 aromatic rings. The maximum Gasteiger partial charge on any atom is 0.279 e. The number of carbonyl (C=O) groups excluding carboxylic acids is 3. The molecule has 0 saturated carbocycles. The summed E-state index contributed by atoms with van der Waals surface area (Å²) < 4.78 is 5.66. The van der Waals surface area contributed by atoms with E-state index in [-0.39, 0.29) is 18.7 Å². The summed E-state index contributed by atoms with van der Waals surface area (Å²) in [5, 5.41) is 2.75. The molecule has 1 unspecified atom stereocenters. The molecule has 0 radical (unpaired) electrons. The molecule has 0 aliphatic carbocycles. The van der Waals surface area contributed by atoms with Crippen LogP contribution >= 0.6 is 0 Å². The molecular weight excluding hydrogens is 370 g/mol. The molecule has 0 saturated heterocycles. The van der Waals surface area contributed by atoms with Crippen LogP contribution in [0.5, 0.6) is 5.75 Å². The highest BCUT2D eigenvalue weighted by Gasteiger charge is 2.16. The van der Waals surface area contributed by atoms with Crippen LogP contribution in [0.25, 0.3) is 0 Å². The first kappa shape index (κ1) is 21.9. The highest BCUT2D eigenvalue weighted by molar-refractivity contribution is 5.86. The Morgan fingerprint density at radius 2 is 1.62 bits per heavy atom. The number of hydrogen-bond acceptors (Lipinski definition) is 4. The lowest BCUT2D eigenvalue weighted by Gasteiger charge is -2.17. The molecule has 29 heavy (non-hydrogen) atoms. The Kier molecular flexibility index (Phi) is 8.21. The van der Waals surface area contributed by atoms with Gasteiger partial charge in [-0.1, -0.05) is 42.5 Å². The summed E-state index contributed by atoms with van der Waals surface area (Å²) in [6, 6.07) is 15.2. The number of ether oxygens (including phenoxy) is 1. The maximum atomic E-state index is 12.1. The zero-order valence-corrected chi connectivity index (χ0v) is 17.0. The molecule has 2 rings (SSSR count). The van der Waals surface area contributed by atoms with Gasteiger partial charge in [-0.3, -0.25) is 25.2 Å². The van der Waals surface area contributed by atoms with Gasteiger partial charge >= 0.3 is 0 Å². The monoisotopic (exact) mass is 397 g/mol. The van der Waals surface area contributed by atoms with Crippen LogP contribution in [0.15, 0.2) is 48.5 Å². The van der Waals surface area contributed by atoms with Crippen molar-refractivity contribution in [2.45, 2.75) is 46.3 Å². The SMILES string of the molecule is Cc1ccc(C)c(OC(C)C(=O)NNC(=O)CCC(=O)NCc2ccccc2)c1. The predicted molar refractivity (Wildman–Crippen MR) is 110 cm³/mol. The van der Waals surface area contributed by atoms with Crippen LogP contribution < -0.4 is 20.9 Å². The third kappa shape index (κ3) is 7.65. The number of amides is 3. The number of hydrazine groups is 1. The fraction of sp³-hybridized carbons (Fsp3) is 0.318. The van der Waals surface area contributed by atoms with Gasteiger partial charge in [0.15, 0.2) is 6.10 Å². The van der Waals surface area contributed by atoms with Crippen LogP contribution in [0.1, 0.15) is 36.5 Å². The molecule has 3 N–H and O–H groups in total. The Balaban J connectivity index is 1.67. The molecule has 0 aromatic heterocycles. The van der Waals surface area contributed by atoms with E-state index in [1.54, 1.807) is 6.92 Å². The molecule has 3 amide bonds. The second-order valence-electron chi connectivity index (χ2n) is 6.83. The van der Waals surface area contributed by atoms with Gasteiger partial charge in [0, 0.05) is 19.4 Å². The minimum absolute atomic E-state index is 0.0308. The van der Waals surface area contributed by atoms with Gasteiger partial charge in [-0.2, -0.15) is 0 Å². The molecular formula is C22H27N3O4. The van der Waals surface area contributed by atoms with E-state index in [4.69, 9.17) is 4.74 Å². The largest absolute Gasteiger partial charge is 0.481 e. The van der Waals surface area contributed by atoms with E-state index < -0.39 is 17.9 Å². The van der Waals surface area contributed by atoms with Gasteiger partial charge in [0.2, 0.25) is 11.8 Å². The first-order valence-corrected chi connectivity index (χ1v) is 9.48. The van der Waals surface area contributed by atoms with Gasteiger partial charge in [-0.05, 0) is 43.5 Å². The molecule has 154 valence electrons. The molecule has 7 nitrogen and oxygen atoms in total. The molecule has 0 aliphatic heterocycles. The number of carbonyl (C=O) groups is 3. The molecule has 1 atom stereocenters. The average Bonchev–Trinajstić information content (AvgIpc) is 2.72. The summed E-state index contributed by atoms with van der Waals surface area (Å²) in [4.78, 5) is 35.8. The minimum atomic E-state index is -0.787. The first-order chi connectivity index (χ1) is 13.8. The molecule has 0 heterocycles. The number of aryl methyl sites for hydroxylation is 2. The fourth-order valence-electron chi connectivity index (χ4n) is 2.49. The van der Waals surface area contributed by atoms with E-state index >= 15 is 0 Å². The van der Waals surface area contributed by atoms with Crippen molar-refractivity contribution in [3.8, 4) is 5.75 Å². The van der Waals surface area contributed by atoms with Crippen molar-refractivity contribution in [3.63, 3.8) is 0 Å². The van der Waals surface area contributed by atoms with Gasteiger partial charge in [-0.15, -0.1) is 0 Å². The highest BCUT2D eigenvalue weighted by Crippen LogP contribution is 2.20. The Bertz CT molecular complexity index is 852. The standard InChI is InChI=1S/C22H27N3O4/c1-15-9-10-16(2)19(13-15)29-17(3)22(28)25-24-21(27)12-11-20(26)23-14-18-7-5-4-6-8-18/h4-10,13,17H,11-12,14H2,1-3H3,(H,23,26)(H,24,27)(H,25,28). The van der Waals surface area contributed by atoms with E-state index in [9.17, 15) is 14.4 Å². The number of hydrogen-bond donors (Lipinski definition) is 3. The van der Waals surface area contributed by atoms with E-state index in [1.807, 2.05) is 62.4 Å². The number of rotatable bonds is 8. The summed E-state index contributed by atoms with van der Waals surface area (Å²) >= 11 is 0. The van der Waals surface area contributed by atoms with E-state index in [0.717, 1.165) is 16.7 Å². The number of nitrogens with one attached hydrogen (secondary N) is 3. The molecule has 2 aromatic carbocycles. The number of benzene rings is 2. The van der Waals surface area contributed by atoms with Crippen molar-refractivity contribution < 1.29 is 19.1 Å². The Morgan fingerprint density at radius 3 is 2.34 bits per heavy atom. The predicted octanol–water partition coefficient (Wildman–Crippen LogP) is 2.31. The van der Waals surface area contributed by atoms with Gasteiger partial charge in [0.25, 0.3) is 5.91 Å². The van der Waals surface area contributed by atoms with Crippen LogP contribution in [0.3, 0.4) is 0 Å². The molecule has 7 heteroatoms. The maximum absolute atomic E-state index is 12.1. The van der Waals surface area contributed by atoms with Crippen molar-refractivity contribution >= 4 is 17.7 Å².